The molecule has 0 amide bonds. The number of aliphatic hydroxyl groups excluding tert-OH is 1. The maximum Gasteiger partial charge on any atom is 0.259 e. The van der Waals surface area contributed by atoms with Gasteiger partial charge in [-0.25, -0.2) is 0 Å². The Morgan fingerprint density at radius 2 is 1.85 bits per heavy atom. The van der Waals surface area contributed by atoms with Crippen LogP contribution >= 0.6 is 0 Å². The molecule has 0 aromatic heterocycles. The van der Waals surface area contributed by atoms with E-state index >= 15 is 0 Å². The molecule has 13 heavy (non-hydrogen) atoms. The molecule has 2 heterocycles. The number of fused-ring (bicyclic) bond motifs is 1. The van der Waals surface area contributed by atoms with Gasteiger partial charge in [-0.3, -0.25) is 0 Å². The van der Waals surface area contributed by atoms with E-state index in [-0.39, 0.29) is 6.61 Å². The summed E-state index contributed by atoms with van der Waals surface area (Å²) in [5.41, 5.74) is 2.20. The molecule has 1 aromatic carbocycles. The summed E-state index contributed by atoms with van der Waals surface area (Å²) in [6, 6.07) is 7.96. The molecule has 1 aromatic rings. The number of hydrogen-bond donors (Lipinski definition) is 1. The van der Waals surface area contributed by atoms with E-state index in [1.165, 1.54) is 5.56 Å². The highest BCUT2D eigenvalue weighted by molar-refractivity contribution is 5.37. The van der Waals surface area contributed by atoms with Crippen LogP contribution in [0.4, 0.5) is 0 Å². The maximum absolute atomic E-state index is 8.94. The van der Waals surface area contributed by atoms with E-state index in [9.17, 15) is 0 Å². The van der Waals surface area contributed by atoms with Crippen molar-refractivity contribution in [3.05, 3.63) is 35.4 Å². The van der Waals surface area contributed by atoms with Gasteiger partial charge in [0.2, 0.25) is 0 Å². The molecule has 3 nitrogen and oxygen atoms in total. The Hall–Kier alpha value is -0.900. The normalized spacial score (nSPS) is 39.8. The molecule has 3 rings (SSSR count). The minimum absolute atomic E-state index is 0.0686. The maximum atomic E-state index is 8.94. The van der Waals surface area contributed by atoms with Crippen molar-refractivity contribution in [1.82, 2.24) is 0 Å². The van der Waals surface area contributed by atoms with Crippen LogP contribution in [0.1, 0.15) is 11.1 Å². The van der Waals surface area contributed by atoms with E-state index in [0.29, 0.717) is 0 Å². The first-order valence-corrected chi connectivity index (χ1v) is 4.31. The average molecular weight is 178 g/mol. The number of epoxide rings is 2. The predicted octanol–water partition coefficient (Wildman–Crippen LogP) is 0.897. The van der Waals surface area contributed by atoms with Gasteiger partial charge in [-0.15, -0.1) is 0 Å². The molecule has 3 heteroatoms. The molecule has 0 spiro atoms. The third kappa shape index (κ3) is 0.746. The van der Waals surface area contributed by atoms with Gasteiger partial charge in [-0.05, 0) is 6.92 Å². The van der Waals surface area contributed by atoms with E-state index in [1.54, 1.807) is 0 Å². The van der Waals surface area contributed by atoms with Crippen molar-refractivity contribution in [3.8, 4) is 0 Å². The number of benzene rings is 1. The zero-order valence-electron chi connectivity index (χ0n) is 7.28. The second-order valence-electron chi connectivity index (χ2n) is 3.60. The van der Waals surface area contributed by atoms with Crippen molar-refractivity contribution in [3.63, 3.8) is 0 Å². The molecule has 2 fully saturated rings. The zero-order chi connectivity index (χ0) is 9.10. The monoisotopic (exact) mass is 178 g/mol. The van der Waals surface area contributed by atoms with Gasteiger partial charge in [0.15, 0.2) is 0 Å². The first kappa shape index (κ1) is 7.50. The van der Waals surface area contributed by atoms with Crippen molar-refractivity contribution in [2.24, 2.45) is 0 Å². The van der Waals surface area contributed by atoms with Crippen LogP contribution in [0, 0.1) is 6.92 Å². The number of hydrogen-bond acceptors (Lipinski definition) is 3. The molecule has 68 valence electrons. The van der Waals surface area contributed by atoms with Crippen molar-refractivity contribution >= 4 is 0 Å². The van der Waals surface area contributed by atoms with Gasteiger partial charge in [0.1, 0.15) is 6.61 Å². The van der Waals surface area contributed by atoms with Crippen LogP contribution < -0.4 is 0 Å². The van der Waals surface area contributed by atoms with Gasteiger partial charge >= 0.3 is 0 Å². The quantitative estimate of drug-likeness (QED) is 0.684. The molecule has 0 aliphatic carbocycles. The minimum Gasteiger partial charge on any atom is -0.391 e. The van der Waals surface area contributed by atoms with Crippen LogP contribution in [0.25, 0.3) is 0 Å². The van der Waals surface area contributed by atoms with Crippen LogP contribution in [0.5, 0.6) is 0 Å². The van der Waals surface area contributed by atoms with Crippen LogP contribution in [-0.2, 0) is 15.3 Å². The molecule has 0 bridgehead atoms. The van der Waals surface area contributed by atoms with E-state index in [1.807, 2.05) is 31.2 Å². The summed E-state index contributed by atoms with van der Waals surface area (Å²) in [6.07, 6.45) is 0. The summed E-state index contributed by atoms with van der Waals surface area (Å²) < 4.78 is 10.6. The fourth-order valence-electron chi connectivity index (χ4n) is 1.70. The number of rotatable bonds is 2. The summed E-state index contributed by atoms with van der Waals surface area (Å²) in [6.45, 7) is 1.96. The Kier molecular flexibility index (Phi) is 1.12. The molecule has 0 saturated carbocycles. The zero-order valence-corrected chi connectivity index (χ0v) is 7.28. The summed E-state index contributed by atoms with van der Waals surface area (Å²) in [5, 5.41) is 8.94. The Labute approximate surface area is 75.9 Å². The SMILES string of the molecule is Cc1ccc(C23OC2(CO)O3)cc1. The van der Waals surface area contributed by atoms with Gasteiger partial charge in [0.05, 0.1) is 0 Å². The summed E-state index contributed by atoms with van der Waals surface area (Å²) >= 11 is 0. The summed E-state index contributed by atoms with van der Waals surface area (Å²) in [4.78, 5) is 0. The predicted molar refractivity (Wildman–Crippen MR) is 44.8 cm³/mol. The molecule has 2 aliphatic heterocycles. The molecule has 0 atom stereocenters. The highest BCUT2D eigenvalue weighted by atomic mass is 17.1. The average Bonchev–Trinajstić information content (AvgIpc) is 2.91. The fraction of sp³-hybridized carbons (Fsp3) is 0.400. The third-order valence-corrected chi connectivity index (χ3v) is 2.68. The van der Waals surface area contributed by atoms with Crippen LogP contribution in [0.2, 0.25) is 0 Å². The lowest BCUT2D eigenvalue weighted by atomic mass is 10.1. The van der Waals surface area contributed by atoms with Crippen molar-refractivity contribution in [2.75, 3.05) is 6.61 Å². The first-order chi connectivity index (χ1) is 6.22. The van der Waals surface area contributed by atoms with Crippen molar-refractivity contribution in [2.45, 2.75) is 18.5 Å². The smallest absolute Gasteiger partial charge is 0.259 e. The van der Waals surface area contributed by atoms with E-state index in [0.717, 1.165) is 5.56 Å². The molecule has 1 N–H and O–H groups in total. The Morgan fingerprint density at radius 1 is 1.23 bits per heavy atom. The highest BCUT2D eigenvalue weighted by Gasteiger charge is 2.91. The number of ether oxygens (including phenoxy) is 2. The topological polar surface area (TPSA) is 45.3 Å². The van der Waals surface area contributed by atoms with E-state index in [2.05, 4.69) is 0 Å². The van der Waals surface area contributed by atoms with Crippen molar-refractivity contribution < 1.29 is 14.6 Å². The lowest BCUT2D eigenvalue weighted by molar-refractivity contribution is -0.114. The molecule has 2 saturated heterocycles. The molecule has 0 radical (unpaired) electrons. The van der Waals surface area contributed by atoms with Gasteiger partial charge in [0, 0.05) is 5.56 Å². The second-order valence-corrected chi connectivity index (χ2v) is 3.60. The van der Waals surface area contributed by atoms with Gasteiger partial charge in [-0.2, -0.15) is 0 Å². The van der Waals surface area contributed by atoms with E-state index in [4.69, 9.17) is 14.6 Å². The molecular weight excluding hydrogens is 168 g/mol. The minimum atomic E-state index is -0.692. The molecule has 2 aliphatic rings. The van der Waals surface area contributed by atoms with Gasteiger partial charge < -0.3 is 14.6 Å². The molecule has 0 unspecified atom stereocenters. The van der Waals surface area contributed by atoms with Crippen LogP contribution in [0.15, 0.2) is 24.3 Å². The largest absolute Gasteiger partial charge is 0.391 e. The Balaban J connectivity index is 1.93. The molecular formula is C10H10O3. The number of aliphatic hydroxyl groups is 1. The summed E-state index contributed by atoms with van der Waals surface area (Å²) in [7, 11) is 0. The lowest BCUT2D eigenvalue weighted by Gasteiger charge is -2.00. The fourth-order valence-corrected chi connectivity index (χ4v) is 1.70. The summed E-state index contributed by atoms with van der Waals surface area (Å²) in [5.74, 6) is -1.29. The first-order valence-electron chi connectivity index (χ1n) is 4.31. The Morgan fingerprint density at radius 3 is 2.31 bits per heavy atom. The van der Waals surface area contributed by atoms with E-state index < -0.39 is 11.6 Å². The van der Waals surface area contributed by atoms with Gasteiger partial charge in [-0.1, -0.05) is 29.8 Å². The third-order valence-electron chi connectivity index (χ3n) is 2.68. The van der Waals surface area contributed by atoms with Crippen molar-refractivity contribution in [1.29, 1.82) is 0 Å². The Bertz CT molecular complexity index is 349. The van der Waals surface area contributed by atoms with Crippen LogP contribution in [0.3, 0.4) is 0 Å². The standard InChI is InChI=1S/C10H10O3/c1-7-2-4-8(5-3-7)10-9(6-11,12-10)13-10/h2-5,11H,6H2,1H3. The van der Waals surface area contributed by atoms with Crippen LogP contribution in [-0.4, -0.2) is 17.5 Å². The van der Waals surface area contributed by atoms with Gasteiger partial charge in [0.25, 0.3) is 11.6 Å². The second kappa shape index (κ2) is 1.95. The lowest BCUT2D eigenvalue weighted by Crippen LogP contribution is -2.03. The highest BCUT2D eigenvalue weighted by Crippen LogP contribution is 2.73. The number of aryl methyl sites for hydroxylation is 1.